The van der Waals surface area contributed by atoms with Gasteiger partial charge in [0.1, 0.15) is 5.78 Å². The van der Waals surface area contributed by atoms with Crippen molar-refractivity contribution in [2.75, 3.05) is 56.4 Å². The Morgan fingerprint density at radius 1 is 0.667 bits per heavy atom. The van der Waals surface area contributed by atoms with Crippen LogP contribution in [-0.2, 0) is 44.1 Å². The number of rotatable bonds is 4. The molecule has 0 aromatic heterocycles. The minimum absolute atomic E-state index is 0. The largest absolute Gasteiger partial charge is 0 e. The third-order valence-corrected chi connectivity index (χ3v) is 9.90. The number of carbonyl (C=O) groups is 1. The van der Waals surface area contributed by atoms with Gasteiger partial charge in [-0.1, -0.05) is 0 Å². The van der Waals surface area contributed by atoms with Crippen LogP contribution in [0.1, 0.15) is 13.8 Å². The van der Waals surface area contributed by atoms with E-state index < -0.39 is 17.6 Å². The molecule has 0 aliphatic rings. The van der Waals surface area contributed by atoms with Gasteiger partial charge in [-0.15, -0.1) is 0 Å². The molecule has 18 heavy (non-hydrogen) atoms. The van der Waals surface area contributed by atoms with Crippen molar-refractivity contribution < 1.29 is 44.1 Å². The van der Waals surface area contributed by atoms with Gasteiger partial charge in [-0.2, -0.15) is 0 Å². The van der Waals surface area contributed by atoms with Gasteiger partial charge in [0.05, 0.1) is 0 Å². The summed E-state index contributed by atoms with van der Waals surface area (Å²) >= 11 is -2.33. The third kappa shape index (κ3) is 6.92. The van der Waals surface area contributed by atoms with Crippen LogP contribution < -0.4 is 0 Å². The predicted molar refractivity (Wildman–Crippen MR) is 71.1 cm³/mol. The topological polar surface area (TPSA) is 30.0 Å². The Hall–Kier alpha value is 0.939. The molecule has 0 fully saturated rings. The number of hydrogen-bond acceptors (Lipinski definition) is 5. The number of nitrogens with zero attached hydrogens (tertiary/aromatic N) is 4. The molecular weight excluding hydrogens is 300 g/mol. The van der Waals surface area contributed by atoms with E-state index in [1.165, 1.54) is 13.8 Å². The average Bonchev–Trinajstić information content (AvgIpc) is 1.98. The molecule has 7 heteroatoms. The summed E-state index contributed by atoms with van der Waals surface area (Å²) in [6.45, 7) is 3.06. The molecule has 0 rings (SSSR count). The fourth-order valence-corrected chi connectivity index (χ4v) is 9.90. The minimum atomic E-state index is -2.33. The molecule has 108 valence electrons. The van der Waals surface area contributed by atoms with Crippen LogP contribution in [0.5, 0.6) is 0 Å². The molecule has 0 aliphatic carbocycles. The number of carbonyl (C=O) groups excluding carboxylic acids is 1. The third-order valence-electron chi connectivity index (χ3n) is 2.40. The molecular formula is C11H30N4OTi2. The van der Waals surface area contributed by atoms with Gasteiger partial charge in [-0.3, -0.25) is 0 Å². The Kier molecular flexibility index (Phi) is 14.3. The van der Waals surface area contributed by atoms with E-state index in [0.29, 0.717) is 0 Å². The first kappa shape index (κ1) is 24.0. The molecule has 0 atom stereocenters. The van der Waals surface area contributed by atoms with Crippen LogP contribution >= 0.6 is 0 Å². The predicted octanol–water partition coefficient (Wildman–Crippen LogP) is 0.640. The van der Waals surface area contributed by atoms with Gasteiger partial charge in [-0.25, -0.2) is 0 Å². The molecule has 0 saturated carbocycles. The minimum Gasteiger partial charge on any atom is 0 e. The van der Waals surface area contributed by atoms with Gasteiger partial charge >= 0.3 is 87.5 Å². The molecule has 0 amide bonds. The van der Waals surface area contributed by atoms with Crippen LogP contribution in [0, 0.1) is 0 Å². The molecule has 0 aromatic carbocycles. The molecule has 5 nitrogen and oxygen atoms in total. The summed E-state index contributed by atoms with van der Waals surface area (Å²) in [4.78, 5) is 9.44. The van der Waals surface area contributed by atoms with Crippen LogP contribution in [0.3, 0.4) is 0 Å². The van der Waals surface area contributed by atoms with Crippen molar-refractivity contribution in [3.63, 3.8) is 0 Å². The summed E-state index contributed by atoms with van der Waals surface area (Å²) in [7, 11) is 17.3. The van der Waals surface area contributed by atoms with Gasteiger partial charge < -0.3 is 4.79 Å². The maximum Gasteiger partial charge on any atom is 0 e. The van der Waals surface area contributed by atoms with Crippen LogP contribution in [0.4, 0.5) is 0 Å². The Labute approximate surface area is 133 Å². The summed E-state index contributed by atoms with van der Waals surface area (Å²) in [6.07, 6.45) is 0. The summed E-state index contributed by atoms with van der Waals surface area (Å²) in [6, 6.07) is 0. The van der Waals surface area contributed by atoms with Crippen molar-refractivity contribution in [1.82, 2.24) is 13.5 Å². The van der Waals surface area contributed by atoms with E-state index >= 15 is 0 Å². The standard InChI is InChI=1S/C3H6O.4C2H6N.2Ti/c1-3(2)4;4*1-3-2;;/h1-2H3;4*1-2H3;;/q;4*-1;;+4. The van der Waals surface area contributed by atoms with Crippen LogP contribution in [0.2, 0.25) is 0 Å². The van der Waals surface area contributed by atoms with E-state index in [0.717, 1.165) is 0 Å². The van der Waals surface area contributed by atoms with E-state index in [1.54, 1.807) is 0 Å². The number of Topliss-reactive ketones (excluding diaryl/α,β-unsaturated/α-hetero) is 1. The van der Waals surface area contributed by atoms with E-state index in [4.69, 9.17) is 0 Å². The summed E-state index contributed by atoms with van der Waals surface area (Å²) in [5, 5.41) is 0. The van der Waals surface area contributed by atoms with Crippen LogP contribution in [0.15, 0.2) is 0 Å². The average molecular weight is 330 g/mol. The second-order valence-corrected chi connectivity index (χ2v) is 12.5. The number of hydrogen-bond donors (Lipinski definition) is 0. The van der Waals surface area contributed by atoms with Gasteiger partial charge in [0.15, 0.2) is 0 Å². The SMILES string of the molecule is CC(C)=O.C[N](C)[Ti]([N](C)C)([N](C)C)[N](C)C.[Ti]. The van der Waals surface area contributed by atoms with E-state index in [2.05, 4.69) is 69.9 Å². The van der Waals surface area contributed by atoms with Gasteiger partial charge in [0.25, 0.3) is 0 Å². The zero-order valence-corrected chi connectivity index (χ0v) is 16.8. The van der Waals surface area contributed by atoms with Crippen molar-refractivity contribution in [1.29, 1.82) is 0 Å². The zero-order valence-electron chi connectivity index (χ0n) is 13.7. The Balaban J connectivity index is -0.000000392. The maximum absolute atomic E-state index is 9.44. The molecule has 0 N–H and O–H groups in total. The molecule has 0 bridgehead atoms. The van der Waals surface area contributed by atoms with Crippen molar-refractivity contribution >= 4 is 5.78 Å². The van der Waals surface area contributed by atoms with Crippen LogP contribution in [-0.4, -0.2) is 75.7 Å². The molecule has 0 heterocycles. The van der Waals surface area contributed by atoms with Crippen molar-refractivity contribution in [3.8, 4) is 0 Å². The number of ketones is 1. The fraction of sp³-hybridized carbons (Fsp3) is 0.909. The quantitative estimate of drug-likeness (QED) is 0.706. The van der Waals surface area contributed by atoms with Crippen molar-refractivity contribution in [2.45, 2.75) is 13.8 Å². The molecule has 0 unspecified atom stereocenters. The Morgan fingerprint density at radius 2 is 0.778 bits per heavy atom. The molecule has 0 aromatic rings. The van der Waals surface area contributed by atoms with Crippen LogP contribution in [0.25, 0.3) is 0 Å². The van der Waals surface area contributed by atoms with E-state index in [-0.39, 0.29) is 27.5 Å². The first-order valence-electron chi connectivity index (χ1n) is 5.68. The van der Waals surface area contributed by atoms with E-state index in [1.807, 2.05) is 0 Å². The molecule has 0 spiro atoms. The van der Waals surface area contributed by atoms with Gasteiger partial charge in [0.2, 0.25) is 0 Å². The Bertz CT molecular complexity index is 192. The normalized spacial score (nSPS) is 11.4. The zero-order chi connectivity index (χ0) is 14.4. The second-order valence-electron chi connectivity index (χ2n) is 5.09. The molecule has 0 radical (unpaired) electrons. The monoisotopic (exact) mass is 330 g/mol. The fourth-order valence-electron chi connectivity index (χ4n) is 2.40. The summed E-state index contributed by atoms with van der Waals surface area (Å²) in [5.41, 5.74) is 0. The van der Waals surface area contributed by atoms with Crippen molar-refractivity contribution in [3.05, 3.63) is 0 Å². The first-order chi connectivity index (χ1) is 7.51. The van der Waals surface area contributed by atoms with Crippen molar-refractivity contribution in [2.24, 2.45) is 0 Å². The maximum atomic E-state index is 9.44. The first-order valence-corrected chi connectivity index (χ1v) is 8.47. The summed E-state index contributed by atoms with van der Waals surface area (Å²) < 4.78 is 9.50. The Morgan fingerprint density at radius 3 is 0.778 bits per heavy atom. The van der Waals surface area contributed by atoms with E-state index in [9.17, 15) is 4.79 Å². The summed E-state index contributed by atoms with van der Waals surface area (Å²) in [5.74, 6) is 0.167. The van der Waals surface area contributed by atoms with Gasteiger partial charge in [-0.05, 0) is 13.8 Å². The molecule has 0 saturated heterocycles. The smallest absolute Gasteiger partial charge is 0 e. The van der Waals surface area contributed by atoms with Gasteiger partial charge in [0, 0.05) is 21.7 Å². The second kappa shape index (κ2) is 10.7. The molecule has 0 aliphatic heterocycles.